The zero-order valence-corrected chi connectivity index (χ0v) is 17.4. The SMILES string of the molecule is CCCCCC(O)/C=C/c1ccc(CCCCCCCCC(=O)OC)s1. The second-order valence-electron chi connectivity index (χ2n) is 6.92. The molecule has 0 aromatic carbocycles. The third kappa shape index (κ3) is 11.5. The minimum atomic E-state index is -0.314. The van der Waals surface area contributed by atoms with Gasteiger partial charge in [-0.1, -0.05) is 57.9 Å². The van der Waals surface area contributed by atoms with Crippen LogP contribution in [-0.4, -0.2) is 24.3 Å². The number of rotatable bonds is 15. The molecule has 1 unspecified atom stereocenters. The molecule has 0 saturated carbocycles. The van der Waals surface area contributed by atoms with Crippen LogP contribution in [0.5, 0.6) is 0 Å². The molecule has 0 radical (unpaired) electrons. The molecule has 148 valence electrons. The van der Waals surface area contributed by atoms with Crippen LogP contribution in [0, 0.1) is 0 Å². The maximum atomic E-state index is 11.0. The van der Waals surface area contributed by atoms with Gasteiger partial charge >= 0.3 is 5.97 Å². The molecule has 0 aliphatic rings. The van der Waals surface area contributed by atoms with Crippen LogP contribution in [0.25, 0.3) is 6.08 Å². The molecule has 1 rings (SSSR count). The lowest BCUT2D eigenvalue weighted by Gasteiger charge is -2.03. The molecule has 0 aliphatic carbocycles. The van der Waals surface area contributed by atoms with Crippen LogP contribution in [0.4, 0.5) is 0 Å². The van der Waals surface area contributed by atoms with Gasteiger partial charge in [0, 0.05) is 16.2 Å². The fraction of sp³-hybridized carbons (Fsp3) is 0.682. The number of hydrogen-bond acceptors (Lipinski definition) is 4. The van der Waals surface area contributed by atoms with E-state index in [9.17, 15) is 9.90 Å². The predicted octanol–water partition coefficient (Wildman–Crippen LogP) is 6.15. The first kappa shape index (κ1) is 22.9. The highest BCUT2D eigenvalue weighted by molar-refractivity contribution is 7.12. The van der Waals surface area contributed by atoms with Crippen LogP contribution in [0.2, 0.25) is 0 Å². The van der Waals surface area contributed by atoms with Gasteiger partial charge < -0.3 is 9.84 Å². The second kappa shape index (κ2) is 15.0. The summed E-state index contributed by atoms with van der Waals surface area (Å²) in [6.07, 6.45) is 16.7. The average molecular weight is 381 g/mol. The van der Waals surface area contributed by atoms with E-state index in [2.05, 4.69) is 29.9 Å². The minimum absolute atomic E-state index is 0.0963. The summed E-state index contributed by atoms with van der Waals surface area (Å²) in [6.45, 7) is 2.18. The van der Waals surface area contributed by atoms with Gasteiger partial charge in [-0.3, -0.25) is 4.79 Å². The molecule has 0 bridgehead atoms. The highest BCUT2D eigenvalue weighted by Gasteiger charge is 2.02. The van der Waals surface area contributed by atoms with Gasteiger partial charge in [-0.05, 0) is 43.9 Å². The van der Waals surface area contributed by atoms with E-state index in [4.69, 9.17) is 0 Å². The van der Waals surface area contributed by atoms with Crippen molar-refractivity contribution in [2.45, 2.75) is 90.1 Å². The topological polar surface area (TPSA) is 46.5 Å². The maximum absolute atomic E-state index is 11.0. The van der Waals surface area contributed by atoms with Gasteiger partial charge in [0.1, 0.15) is 0 Å². The number of carbonyl (C=O) groups is 1. The summed E-state index contributed by atoms with van der Waals surface area (Å²) in [5, 5.41) is 9.94. The van der Waals surface area contributed by atoms with Crippen molar-refractivity contribution in [2.75, 3.05) is 7.11 Å². The van der Waals surface area contributed by atoms with Crippen molar-refractivity contribution >= 4 is 23.4 Å². The third-order valence-corrected chi connectivity index (χ3v) is 5.66. The molecule has 0 spiro atoms. The van der Waals surface area contributed by atoms with E-state index in [0.717, 1.165) is 32.1 Å². The lowest BCUT2D eigenvalue weighted by atomic mass is 10.1. The first-order valence-electron chi connectivity index (χ1n) is 10.2. The lowest BCUT2D eigenvalue weighted by molar-refractivity contribution is -0.140. The summed E-state index contributed by atoms with van der Waals surface area (Å²) in [4.78, 5) is 13.7. The molecule has 1 N–H and O–H groups in total. The quantitative estimate of drug-likeness (QED) is 0.293. The van der Waals surface area contributed by atoms with Gasteiger partial charge in [-0.2, -0.15) is 0 Å². The second-order valence-corrected chi connectivity index (χ2v) is 8.12. The largest absolute Gasteiger partial charge is 0.469 e. The van der Waals surface area contributed by atoms with E-state index < -0.39 is 0 Å². The molecule has 0 aliphatic heterocycles. The first-order valence-corrected chi connectivity index (χ1v) is 11.0. The third-order valence-electron chi connectivity index (χ3n) is 4.55. The van der Waals surface area contributed by atoms with E-state index in [1.807, 2.05) is 17.4 Å². The van der Waals surface area contributed by atoms with Crippen molar-refractivity contribution in [3.8, 4) is 0 Å². The van der Waals surface area contributed by atoms with Crippen molar-refractivity contribution in [2.24, 2.45) is 0 Å². The average Bonchev–Trinajstić information content (AvgIpc) is 3.10. The monoisotopic (exact) mass is 380 g/mol. The van der Waals surface area contributed by atoms with Crippen molar-refractivity contribution in [3.05, 3.63) is 28.0 Å². The van der Waals surface area contributed by atoms with E-state index in [1.165, 1.54) is 55.4 Å². The van der Waals surface area contributed by atoms with E-state index in [1.54, 1.807) is 0 Å². The first-order chi connectivity index (χ1) is 12.7. The summed E-state index contributed by atoms with van der Waals surface area (Å²) in [7, 11) is 1.45. The number of aliphatic hydroxyl groups excluding tert-OH is 1. The summed E-state index contributed by atoms with van der Waals surface area (Å²) in [5.74, 6) is -0.0963. The Morgan fingerprint density at radius 2 is 1.85 bits per heavy atom. The Balaban J connectivity index is 2.09. The Labute approximate surface area is 163 Å². The standard InChI is InChI=1S/C22H36O3S/c1-3-4-9-12-19(23)15-16-21-18-17-20(26-21)13-10-7-5-6-8-11-14-22(24)25-2/h15-19,23H,3-14H2,1-2H3/b16-15+. The lowest BCUT2D eigenvalue weighted by Crippen LogP contribution is -2.00. The maximum Gasteiger partial charge on any atom is 0.305 e. The zero-order valence-electron chi connectivity index (χ0n) is 16.5. The highest BCUT2D eigenvalue weighted by Crippen LogP contribution is 2.21. The number of esters is 1. The molecule has 4 heteroatoms. The summed E-state index contributed by atoms with van der Waals surface area (Å²) in [5.41, 5.74) is 0. The number of hydrogen-bond donors (Lipinski definition) is 1. The van der Waals surface area contributed by atoms with Crippen LogP contribution in [0.3, 0.4) is 0 Å². The predicted molar refractivity (Wildman–Crippen MR) is 112 cm³/mol. The molecule has 26 heavy (non-hydrogen) atoms. The van der Waals surface area contributed by atoms with Crippen LogP contribution in [-0.2, 0) is 16.0 Å². The number of aryl methyl sites for hydroxylation is 1. The number of thiophene rings is 1. The molecular weight excluding hydrogens is 344 g/mol. The Morgan fingerprint density at radius 1 is 1.12 bits per heavy atom. The van der Waals surface area contributed by atoms with Gasteiger partial charge in [0.2, 0.25) is 0 Å². The Bertz CT molecular complexity index is 507. The molecule has 1 atom stereocenters. The van der Waals surface area contributed by atoms with Gasteiger partial charge in [-0.15, -0.1) is 11.3 Å². The smallest absolute Gasteiger partial charge is 0.305 e. The normalized spacial score (nSPS) is 12.6. The van der Waals surface area contributed by atoms with Crippen LogP contribution < -0.4 is 0 Å². The van der Waals surface area contributed by atoms with E-state index in [-0.39, 0.29) is 12.1 Å². The summed E-state index contributed by atoms with van der Waals surface area (Å²) in [6, 6.07) is 4.37. The number of aliphatic hydroxyl groups is 1. The fourth-order valence-electron chi connectivity index (χ4n) is 2.90. The molecular formula is C22H36O3S. The molecule has 0 saturated heterocycles. The van der Waals surface area contributed by atoms with Crippen molar-refractivity contribution in [1.82, 2.24) is 0 Å². The number of unbranched alkanes of at least 4 members (excludes halogenated alkanes) is 7. The number of methoxy groups -OCH3 is 1. The molecule has 3 nitrogen and oxygen atoms in total. The Hall–Kier alpha value is -1.13. The van der Waals surface area contributed by atoms with Crippen LogP contribution in [0.15, 0.2) is 18.2 Å². The molecule has 0 fully saturated rings. The molecule has 1 aromatic rings. The number of carbonyl (C=O) groups excluding carboxylic acids is 1. The van der Waals surface area contributed by atoms with Gasteiger partial charge in [0.05, 0.1) is 13.2 Å². The van der Waals surface area contributed by atoms with E-state index in [0.29, 0.717) is 6.42 Å². The van der Waals surface area contributed by atoms with Gasteiger partial charge in [-0.25, -0.2) is 0 Å². The van der Waals surface area contributed by atoms with Crippen LogP contribution in [0.1, 0.15) is 87.3 Å². The molecule has 1 aromatic heterocycles. The van der Waals surface area contributed by atoms with Crippen molar-refractivity contribution in [1.29, 1.82) is 0 Å². The summed E-state index contributed by atoms with van der Waals surface area (Å²) >= 11 is 1.83. The number of ether oxygens (including phenoxy) is 1. The minimum Gasteiger partial charge on any atom is -0.469 e. The zero-order chi connectivity index (χ0) is 19.0. The van der Waals surface area contributed by atoms with E-state index >= 15 is 0 Å². The van der Waals surface area contributed by atoms with Crippen molar-refractivity contribution in [3.63, 3.8) is 0 Å². The highest BCUT2D eigenvalue weighted by atomic mass is 32.1. The van der Waals surface area contributed by atoms with Crippen molar-refractivity contribution < 1.29 is 14.6 Å². The Morgan fingerprint density at radius 3 is 2.58 bits per heavy atom. The molecule has 0 amide bonds. The fourth-order valence-corrected chi connectivity index (χ4v) is 3.87. The van der Waals surface area contributed by atoms with Gasteiger partial charge in [0.25, 0.3) is 0 Å². The van der Waals surface area contributed by atoms with Gasteiger partial charge in [0.15, 0.2) is 0 Å². The summed E-state index contributed by atoms with van der Waals surface area (Å²) < 4.78 is 4.64. The Kier molecular flexibility index (Phi) is 13.2. The van der Waals surface area contributed by atoms with Crippen LogP contribution >= 0.6 is 11.3 Å². The molecule has 1 heterocycles.